The van der Waals surface area contributed by atoms with Gasteiger partial charge in [0, 0.05) is 0 Å². The molecule has 6 rings (SSSR count). The van der Waals surface area contributed by atoms with Crippen molar-refractivity contribution in [3.8, 4) is 0 Å². The van der Waals surface area contributed by atoms with Crippen molar-refractivity contribution in [3.05, 3.63) is 148 Å². The van der Waals surface area contributed by atoms with Crippen molar-refractivity contribution >= 4 is 24.8 Å². The van der Waals surface area contributed by atoms with Gasteiger partial charge < -0.3 is 24.8 Å². The Morgan fingerprint density at radius 2 is 1.08 bits per heavy atom. The van der Waals surface area contributed by atoms with Gasteiger partial charge in [-0.25, -0.2) is 6.08 Å². The molecule has 0 radical (unpaired) electrons. The molecule has 5 aromatic rings. The van der Waals surface area contributed by atoms with Crippen molar-refractivity contribution in [2.45, 2.75) is 113 Å². The van der Waals surface area contributed by atoms with E-state index < -0.39 is 0 Å². The van der Waals surface area contributed by atoms with Crippen LogP contribution in [0.1, 0.15) is 122 Å². The summed E-state index contributed by atoms with van der Waals surface area (Å²) in [6, 6.07) is 33.0. The summed E-state index contributed by atoms with van der Waals surface area (Å²) in [5.41, 5.74) is 10.5. The van der Waals surface area contributed by atoms with Gasteiger partial charge in [0.1, 0.15) is 0 Å². The average molecular weight is 811 g/mol. The van der Waals surface area contributed by atoms with Crippen LogP contribution in [-0.2, 0) is 35.1 Å². The molecule has 0 nitrogen and oxygen atoms in total. The van der Waals surface area contributed by atoms with Gasteiger partial charge in [0.2, 0.25) is 0 Å². The zero-order valence-electron chi connectivity index (χ0n) is 33.8. The summed E-state index contributed by atoms with van der Waals surface area (Å²) in [5.74, 6) is 0.592. The fourth-order valence-corrected chi connectivity index (χ4v) is 7.71. The van der Waals surface area contributed by atoms with Gasteiger partial charge >= 0.3 is 99.2 Å². The zero-order chi connectivity index (χ0) is 36.9. The number of fused-ring (bicyclic) bond motifs is 3. The number of aryl methyl sites for hydroxylation is 2. The average Bonchev–Trinajstić information content (AvgIpc) is 3.67. The molecule has 0 saturated carbocycles. The number of allylic oxidation sites excluding steroid dienone is 4. The molecule has 52 heavy (non-hydrogen) atoms. The third kappa shape index (κ3) is 12.0. The van der Waals surface area contributed by atoms with E-state index in [1.807, 2.05) is 0 Å². The van der Waals surface area contributed by atoms with E-state index in [1.165, 1.54) is 107 Å². The second-order valence-electron chi connectivity index (χ2n) is 17.2. The Bertz CT molecular complexity index is 1840. The quantitative estimate of drug-likeness (QED) is 0.159. The van der Waals surface area contributed by atoms with Crippen LogP contribution < -0.4 is 24.8 Å². The fourth-order valence-electron chi connectivity index (χ4n) is 6.89. The van der Waals surface area contributed by atoms with E-state index in [1.54, 1.807) is 0 Å². The Morgan fingerprint density at radius 3 is 1.42 bits per heavy atom. The predicted molar refractivity (Wildman–Crippen MR) is 218 cm³/mol. The second-order valence-corrected chi connectivity index (χ2v) is 18.4. The molecule has 1 atom stereocenters. The number of benzene rings is 4. The van der Waals surface area contributed by atoms with Crippen molar-refractivity contribution in [1.82, 2.24) is 0 Å². The molecule has 1 aliphatic rings. The topological polar surface area (TPSA) is 0 Å². The Labute approximate surface area is 344 Å². The van der Waals surface area contributed by atoms with Gasteiger partial charge in [-0.3, -0.25) is 6.08 Å². The monoisotopic (exact) mass is 808 g/mol. The standard InChI is InChI=1S/C23H29.C13H10.C13H21.2ClH.Zr/c1-14-9-16-11-17-10-15(2)21(23(6,7)8)13-19(17)18(16)12-20(14)22(3,4)5;1-3-7-12(8-4-1)11-13-9-5-2-6-10-13;1-5-6-7-11-8-9-12(10-11)13(2,3)4;;;/h9-13H,1-8H3;1-10H;9-11H,5-7H2,1-4H3;2*1H;/q-1;;-1;;;+2/p-2. The third-order valence-corrected chi connectivity index (χ3v) is 11.1. The Balaban J connectivity index is 0.000000281. The summed E-state index contributed by atoms with van der Waals surface area (Å²) >= 11 is 1.46. The van der Waals surface area contributed by atoms with Gasteiger partial charge in [-0.05, 0) is 24.7 Å². The van der Waals surface area contributed by atoms with E-state index in [4.69, 9.17) is 0 Å². The predicted octanol–water partition coefficient (Wildman–Crippen LogP) is 7.87. The molecular weight excluding hydrogens is 751 g/mol. The number of rotatable bonds is 5. The van der Waals surface area contributed by atoms with Crippen molar-refractivity contribution in [2.75, 3.05) is 0 Å². The van der Waals surface area contributed by atoms with Crippen molar-refractivity contribution in [2.24, 2.45) is 11.3 Å². The number of unbranched alkanes of at least 4 members (excludes halogenated alkanes) is 1. The molecule has 1 aliphatic carbocycles. The summed E-state index contributed by atoms with van der Waals surface area (Å²) in [7, 11) is 0. The molecule has 0 saturated heterocycles. The molecule has 0 amide bonds. The first-order valence-corrected chi connectivity index (χ1v) is 19.8. The normalized spacial score (nSPS) is 14.0. The van der Waals surface area contributed by atoms with Crippen molar-refractivity contribution < 1.29 is 49.0 Å². The summed E-state index contributed by atoms with van der Waals surface area (Å²) in [5, 5.41) is 5.55. The van der Waals surface area contributed by atoms with Crippen LogP contribution in [0.3, 0.4) is 0 Å². The minimum absolute atomic E-state index is 0. The van der Waals surface area contributed by atoms with E-state index in [0.717, 1.165) is 0 Å². The Hall–Kier alpha value is -2.44. The van der Waals surface area contributed by atoms with Crippen LogP contribution in [-0.4, -0.2) is 3.21 Å². The maximum atomic E-state index is 3.43. The third-order valence-electron chi connectivity index (χ3n) is 9.70. The molecule has 0 aromatic heterocycles. The molecule has 0 spiro atoms. The van der Waals surface area contributed by atoms with E-state index in [2.05, 4.69) is 192 Å². The fraction of sp³-hybridized carbons (Fsp3) is 0.388. The van der Waals surface area contributed by atoms with Gasteiger partial charge in [-0.1, -0.05) is 134 Å². The van der Waals surface area contributed by atoms with Crippen LogP contribution in [0.25, 0.3) is 21.5 Å². The first-order chi connectivity index (χ1) is 23.4. The maximum absolute atomic E-state index is 3.43. The molecule has 0 bridgehead atoms. The van der Waals surface area contributed by atoms with Gasteiger partial charge in [0.25, 0.3) is 0 Å². The summed E-state index contributed by atoms with van der Waals surface area (Å²) in [6.07, 6.45) is 11.9. The van der Waals surface area contributed by atoms with Crippen LogP contribution in [0.4, 0.5) is 0 Å². The molecular formula is C49H60Cl2Zr-2. The number of hydrogen-bond donors (Lipinski definition) is 0. The molecule has 5 aromatic carbocycles. The Kier molecular flexibility index (Phi) is 16.9. The summed E-state index contributed by atoms with van der Waals surface area (Å²) in [6.45, 7) is 27.3. The van der Waals surface area contributed by atoms with Crippen molar-refractivity contribution in [1.29, 1.82) is 0 Å². The van der Waals surface area contributed by atoms with Gasteiger partial charge in [-0.15, -0.1) is 39.7 Å². The summed E-state index contributed by atoms with van der Waals surface area (Å²) in [4.78, 5) is 0. The van der Waals surface area contributed by atoms with Gasteiger partial charge in [-0.2, -0.15) is 11.6 Å². The molecule has 3 heteroatoms. The number of hydrogen-bond acceptors (Lipinski definition) is 0. The summed E-state index contributed by atoms with van der Waals surface area (Å²) < 4.78 is 1.42. The number of halogens is 2. The van der Waals surface area contributed by atoms with Crippen LogP contribution >= 0.6 is 0 Å². The molecule has 1 unspecified atom stereocenters. The molecule has 0 N–H and O–H groups in total. The molecule has 0 fully saturated rings. The first-order valence-electron chi connectivity index (χ1n) is 18.6. The molecule has 0 heterocycles. The van der Waals surface area contributed by atoms with E-state index in [-0.39, 0.29) is 35.6 Å². The van der Waals surface area contributed by atoms with Crippen LogP contribution in [0, 0.1) is 31.3 Å². The van der Waals surface area contributed by atoms with Crippen LogP contribution in [0.15, 0.2) is 109 Å². The minimum atomic E-state index is 0. The van der Waals surface area contributed by atoms with Crippen molar-refractivity contribution in [3.63, 3.8) is 0 Å². The molecule has 276 valence electrons. The first kappa shape index (κ1) is 45.7. The SMILES string of the molecule is CCCCC1[C-]=CC(C(C)(C)C)=C1.Cc1cc2[cH-]c3cc(C)c(C(C)(C)C)cc3c2cc1C(C)(C)C.[Cl-].[Cl-].[Zr+2]=[C](c1ccccc1)c1ccccc1. The second kappa shape index (κ2) is 19.2. The van der Waals surface area contributed by atoms with Gasteiger partial charge in [0.15, 0.2) is 0 Å². The molecule has 0 aliphatic heterocycles. The zero-order valence-corrected chi connectivity index (χ0v) is 37.7. The van der Waals surface area contributed by atoms with Crippen LogP contribution in [0.2, 0.25) is 0 Å². The Morgan fingerprint density at radius 1 is 0.654 bits per heavy atom. The van der Waals surface area contributed by atoms with Crippen LogP contribution in [0.5, 0.6) is 0 Å². The van der Waals surface area contributed by atoms with Gasteiger partial charge in [0.05, 0.1) is 0 Å². The van der Waals surface area contributed by atoms with E-state index in [0.29, 0.717) is 11.3 Å². The van der Waals surface area contributed by atoms with E-state index in [9.17, 15) is 0 Å². The van der Waals surface area contributed by atoms with E-state index >= 15 is 0 Å².